The van der Waals surface area contributed by atoms with Gasteiger partial charge in [0.15, 0.2) is 0 Å². The Morgan fingerprint density at radius 2 is 1.83 bits per heavy atom. The van der Waals surface area contributed by atoms with Crippen LogP contribution in [0.25, 0.3) is 0 Å². The molecule has 1 N–H and O–H groups in total. The number of carbonyl (C=O) groups excluding carboxylic acids is 2. The van der Waals surface area contributed by atoms with Gasteiger partial charge >= 0.3 is 0 Å². The number of amides is 2. The van der Waals surface area contributed by atoms with Crippen LogP contribution in [0.15, 0.2) is 12.2 Å². The summed E-state index contributed by atoms with van der Waals surface area (Å²) in [5, 5.41) is 3.27. The van der Waals surface area contributed by atoms with Gasteiger partial charge in [-0.15, -0.1) is 0 Å². The molecule has 0 radical (unpaired) electrons. The van der Waals surface area contributed by atoms with Crippen LogP contribution in [0, 0.1) is 23.7 Å². The lowest BCUT2D eigenvalue weighted by Gasteiger charge is -2.34. The van der Waals surface area contributed by atoms with Crippen molar-refractivity contribution in [1.29, 1.82) is 0 Å². The van der Waals surface area contributed by atoms with Gasteiger partial charge in [0.25, 0.3) is 0 Å². The summed E-state index contributed by atoms with van der Waals surface area (Å²) in [5.41, 5.74) is -0.294. The fourth-order valence-corrected chi connectivity index (χ4v) is 4.43. The average molecular weight is 246 g/mol. The minimum Gasteiger partial charge on any atom is -0.314 e. The molecule has 0 aromatic rings. The Morgan fingerprint density at radius 3 is 2.33 bits per heavy atom. The van der Waals surface area contributed by atoms with E-state index in [0.717, 1.165) is 25.9 Å². The van der Waals surface area contributed by atoms with Gasteiger partial charge in [-0.2, -0.15) is 0 Å². The van der Waals surface area contributed by atoms with Crippen LogP contribution in [0.1, 0.15) is 19.8 Å². The van der Waals surface area contributed by atoms with Crippen LogP contribution in [-0.4, -0.2) is 35.3 Å². The predicted octanol–water partition coefficient (Wildman–Crippen LogP) is 0.545. The van der Waals surface area contributed by atoms with Gasteiger partial charge in [0.05, 0.1) is 17.4 Å². The minimum atomic E-state index is -0.294. The van der Waals surface area contributed by atoms with Crippen LogP contribution in [0.2, 0.25) is 0 Å². The summed E-state index contributed by atoms with van der Waals surface area (Å²) in [7, 11) is 0. The molecular weight excluding hydrogens is 228 g/mol. The fraction of sp³-hybridized carbons (Fsp3) is 0.714. The number of nitrogens with zero attached hydrogens (tertiary/aromatic N) is 1. The first-order chi connectivity index (χ1) is 8.62. The fourth-order valence-electron chi connectivity index (χ4n) is 4.43. The molecule has 0 spiro atoms. The van der Waals surface area contributed by atoms with E-state index in [-0.39, 0.29) is 29.2 Å². The second-order valence-corrected chi connectivity index (χ2v) is 6.44. The maximum absolute atomic E-state index is 12.6. The molecule has 96 valence electrons. The number of hydrogen-bond donors (Lipinski definition) is 1. The van der Waals surface area contributed by atoms with Crippen LogP contribution >= 0.6 is 0 Å². The van der Waals surface area contributed by atoms with Crippen molar-refractivity contribution < 1.29 is 9.59 Å². The van der Waals surface area contributed by atoms with E-state index in [0.29, 0.717) is 11.8 Å². The van der Waals surface area contributed by atoms with Crippen LogP contribution in [0.3, 0.4) is 0 Å². The van der Waals surface area contributed by atoms with Crippen molar-refractivity contribution in [1.82, 2.24) is 10.2 Å². The number of allylic oxidation sites excluding steroid dienone is 2. The number of imide groups is 1. The van der Waals surface area contributed by atoms with Crippen molar-refractivity contribution >= 4 is 11.8 Å². The summed E-state index contributed by atoms with van der Waals surface area (Å²) < 4.78 is 0. The van der Waals surface area contributed by atoms with E-state index in [1.54, 1.807) is 4.90 Å². The van der Waals surface area contributed by atoms with E-state index >= 15 is 0 Å². The predicted molar refractivity (Wildman–Crippen MR) is 65.5 cm³/mol. The van der Waals surface area contributed by atoms with E-state index in [1.165, 1.54) is 0 Å². The molecule has 0 aromatic heterocycles. The Balaban J connectivity index is 1.72. The molecule has 2 aliphatic carbocycles. The molecule has 4 rings (SSSR count). The van der Waals surface area contributed by atoms with E-state index in [4.69, 9.17) is 0 Å². The summed E-state index contributed by atoms with van der Waals surface area (Å²) in [6, 6.07) is 0. The third kappa shape index (κ3) is 1.10. The van der Waals surface area contributed by atoms with Gasteiger partial charge in [-0.3, -0.25) is 14.5 Å². The molecule has 2 aliphatic heterocycles. The normalized spacial score (nSPS) is 49.5. The first kappa shape index (κ1) is 10.7. The zero-order valence-electron chi connectivity index (χ0n) is 10.6. The van der Waals surface area contributed by atoms with E-state index in [2.05, 4.69) is 17.5 Å². The van der Waals surface area contributed by atoms with Crippen molar-refractivity contribution in [3.8, 4) is 0 Å². The summed E-state index contributed by atoms with van der Waals surface area (Å²) >= 11 is 0. The molecule has 3 fully saturated rings. The molecule has 4 aliphatic rings. The molecule has 4 heteroatoms. The molecule has 2 amide bonds. The molecule has 2 saturated heterocycles. The SMILES string of the molecule is CC1(N2C(=O)C3C4C=CC(C4)C3C2=O)CCNC1. The van der Waals surface area contributed by atoms with Crippen molar-refractivity contribution in [3.05, 3.63) is 12.2 Å². The second kappa shape index (κ2) is 3.23. The van der Waals surface area contributed by atoms with E-state index < -0.39 is 0 Å². The molecule has 5 unspecified atom stereocenters. The number of likely N-dealkylation sites (tertiary alicyclic amines) is 1. The minimum absolute atomic E-state index is 0.0510. The Labute approximate surface area is 106 Å². The Hall–Kier alpha value is -1.16. The highest BCUT2D eigenvalue weighted by Gasteiger charge is 2.62. The first-order valence-electron chi connectivity index (χ1n) is 6.89. The summed E-state index contributed by atoms with van der Waals surface area (Å²) in [5.74, 6) is 0.717. The topological polar surface area (TPSA) is 49.4 Å². The highest BCUT2D eigenvalue weighted by molar-refractivity contribution is 6.07. The Kier molecular flexibility index (Phi) is 1.93. The van der Waals surface area contributed by atoms with Crippen LogP contribution in [0.5, 0.6) is 0 Å². The molecule has 5 atom stereocenters. The van der Waals surface area contributed by atoms with E-state index in [9.17, 15) is 9.59 Å². The molecule has 0 aromatic carbocycles. The zero-order valence-corrected chi connectivity index (χ0v) is 10.6. The lowest BCUT2D eigenvalue weighted by Crippen LogP contribution is -2.52. The van der Waals surface area contributed by atoms with Crippen molar-refractivity contribution in [3.63, 3.8) is 0 Å². The van der Waals surface area contributed by atoms with Crippen molar-refractivity contribution in [2.24, 2.45) is 23.7 Å². The quantitative estimate of drug-likeness (QED) is 0.543. The molecule has 2 bridgehead atoms. The van der Waals surface area contributed by atoms with E-state index in [1.807, 2.05) is 6.92 Å². The van der Waals surface area contributed by atoms with Gasteiger partial charge in [0.1, 0.15) is 0 Å². The number of nitrogens with one attached hydrogen (secondary N) is 1. The van der Waals surface area contributed by atoms with Crippen molar-refractivity contribution in [2.75, 3.05) is 13.1 Å². The smallest absolute Gasteiger partial charge is 0.234 e. The zero-order chi connectivity index (χ0) is 12.5. The number of hydrogen-bond acceptors (Lipinski definition) is 3. The number of rotatable bonds is 1. The second-order valence-electron chi connectivity index (χ2n) is 6.44. The van der Waals surface area contributed by atoms with Gasteiger partial charge in [0, 0.05) is 6.54 Å². The Bertz CT molecular complexity index is 434. The summed E-state index contributed by atoms with van der Waals surface area (Å²) in [4.78, 5) is 26.9. The maximum Gasteiger partial charge on any atom is 0.234 e. The third-order valence-electron chi connectivity index (χ3n) is 5.36. The van der Waals surface area contributed by atoms with Gasteiger partial charge in [0.2, 0.25) is 11.8 Å². The standard InChI is InChI=1S/C14H18N2O2/c1-14(4-5-15-7-14)16-12(17)10-8-2-3-9(6-8)11(10)13(16)18/h2-3,8-11,15H,4-7H2,1H3. The average Bonchev–Trinajstić information content (AvgIpc) is 3.04. The lowest BCUT2D eigenvalue weighted by molar-refractivity contribution is -0.146. The first-order valence-corrected chi connectivity index (χ1v) is 6.89. The summed E-state index contributed by atoms with van der Waals surface area (Å²) in [6.45, 7) is 3.68. The lowest BCUT2D eigenvalue weighted by atomic mass is 9.85. The number of fused-ring (bicyclic) bond motifs is 5. The van der Waals surface area contributed by atoms with Crippen molar-refractivity contribution in [2.45, 2.75) is 25.3 Å². The van der Waals surface area contributed by atoms with Crippen LogP contribution in [0.4, 0.5) is 0 Å². The molecule has 4 nitrogen and oxygen atoms in total. The van der Waals surface area contributed by atoms with Crippen LogP contribution in [-0.2, 0) is 9.59 Å². The van der Waals surface area contributed by atoms with Gasteiger partial charge < -0.3 is 5.32 Å². The van der Waals surface area contributed by atoms with Gasteiger partial charge in [-0.05, 0) is 38.1 Å². The maximum atomic E-state index is 12.6. The molecule has 1 saturated carbocycles. The number of carbonyl (C=O) groups is 2. The highest BCUT2D eigenvalue weighted by Crippen LogP contribution is 2.53. The Morgan fingerprint density at radius 1 is 1.22 bits per heavy atom. The molecule has 18 heavy (non-hydrogen) atoms. The van der Waals surface area contributed by atoms with Gasteiger partial charge in [-0.1, -0.05) is 12.2 Å². The largest absolute Gasteiger partial charge is 0.314 e. The molecular formula is C14H18N2O2. The van der Waals surface area contributed by atoms with Gasteiger partial charge in [-0.25, -0.2) is 0 Å². The third-order valence-corrected chi connectivity index (χ3v) is 5.36. The van der Waals surface area contributed by atoms with Crippen LogP contribution < -0.4 is 5.32 Å². The summed E-state index contributed by atoms with van der Waals surface area (Å²) in [6.07, 6.45) is 6.19. The highest BCUT2D eigenvalue weighted by atomic mass is 16.2. The monoisotopic (exact) mass is 246 g/mol. The molecule has 2 heterocycles.